The van der Waals surface area contributed by atoms with Crippen molar-refractivity contribution in [3.63, 3.8) is 0 Å². The molecule has 3 aromatic rings. The van der Waals surface area contributed by atoms with Gasteiger partial charge in [-0.25, -0.2) is 9.97 Å². The summed E-state index contributed by atoms with van der Waals surface area (Å²) in [6, 6.07) is 8.97. The number of H-pyrrole nitrogens is 1. The molecule has 0 saturated heterocycles. The average molecular weight is 474 g/mol. The lowest BCUT2D eigenvalue weighted by Gasteiger charge is -2.20. The summed E-state index contributed by atoms with van der Waals surface area (Å²) in [6.45, 7) is 2.58. The van der Waals surface area contributed by atoms with Crippen LogP contribution in [0.2, 0.25) is 0 Å². The Kier molecular flexibility index (Phi) is 7.20. The number of amides is 1. The summed E-state index contributed by atoms with van der Waals surface area (Å²) < 4.78 is 5.40. The van der Waals surface area contributed by atoms with Crippen LogP contribution in [0, 0.1) is 0 Å². The number of methoxy groups -OCH3 is 1. The van der Waals surface area contributed by atoms with E-state index in [4.69, 9.17) is 4.74 Å². The van der Waals surface area contributed by atoms with Crippen molar-refractivity contribution in [1.29, 1.82) is 0 Å². The number of pyridine rings is 1. The van der Waals surface area contributed by atoms with E-state index in [1.807, 2.05) is 25.1 Å². The number of ether oxygens (including phenoxy) is 1. The second-order valence-corrected chi connectivity index (χ2v) is 7.79. The van der Waals surface area contributed by atoms with Crippen LogP contribution in [0.4, 0.5) is 0 Å². The summed E-state index contributed by atoms with van der Waals surface area (Å²) in [5.41, 5.74) is 6.45. The van der Waals surface area contributed by atoms with E-state index in [1.165, 1.54) is 6.21 Å². The highest BCUT2D eigenvalue weighted by atomic mass is 16.5. The highest BCUT2D eigenvalue weighted by molar-refractivity contribution is 6.33. The summed E-state index contributed by atoms with van der Waals surface area (Å²) in [7, 11) is 3.16. The molecule has 0 fully saturated rings. The van der Waals surface area contributed by atoms with E-state index < -0.39 is 0 Å². The third-order valence-corrected chi connectivity index (χ3v) is 5.56. The Morgan fingerprint density at radius 3 is 2.97 bits per heavy atom. The smallest absolute Gasteiger partial charge is 0.256 e. The summed E-state index contributed by atoms with van der Waals surface area (Å²) in [5, 5.41) is 17.3. The molecule has 4 rings (SSSR count). The lowest BCUT2D eigenvalue weighted by molar-refractivity contribution is 0.0977. The van der Waals surface area contributed by atoms with Crippen molar-refractivity contribution in [2.24, 2.45) is 10.1 Å². The van der Waals surface area contributed by atoms with E-state index in [9.17, 15) is 9.90 Å². The third kappa shape index (κ3) is 5.21. The van der Waals surface area contributed by atoms with Crippen LogP contribution in [0.1, 0.15) is 41.0 Å². The number of benzene rings is 1. The number of nitrogens with zero attached hydrogens (tertiary/aromatic N) is 4. The molecule has 0 saturated carbocycles. The second kappa shape index (κ2) is 10.6. The molecule has 1 aliphatic rings. The number of hydrogen-bond acceptors (Lipinski definition) is 8. The fourth-order valence-corrected chi connectivity index (χ4v) is 3.80. The van der Waals surface area contributed by atoms with Crippen molar-refractivity contribution in [2.45, 2.75) is 19.3 Å². The van der Waals surface area contributed by atoms with Crippen molar-refractivity contribution in [2.75, 3.05) is 20.7 Å². The van der Waals surface area contributed by atoms with Gasteiger partial charge in [0.05, 0.1) is 30.3 Å². The molecular weight excluding hydrogens is 446 g/mol. The zero-order valence-corrected chi connectivity index (χ0v) is 19.7. The van der Waals surface area contributed by atoms with Crippen molar-refractivity contribution < 1.29 is 14.6 Å². The quantitative estimate of drug-likeness (QED) is 0.236. The molecule has 1 amide bonds. The van der Waals surface area contributed by atoms with Crippen LogP contribution < -0.4 is 15.5 Å². The zero-order chi connectivity index (χ0) is 24.8. The number of aliphatic hydroxyl groups excluding tert-OH is 1. The van der Waals surface area contributed by atoms with Gasteiger partial charge in [0, 0.05) is 30.9 Å². The molecular formula is C25H27N7O3. The van der Waals surface area contributed by atoms with Crippen molar-refractivity contribution in [3.05, 3.63) is 71.4 Å². The number of nitrogens with one attached hydrogen (secondary N) is 3. The van der Waals surface area contributed by atoms with Gasteiger partial charge in [-0.1, -0.05) is 6.08 Å². The summed E-state index contributed by atoms with van der Waals surface area (Å²) in [6.07, 6.45) is 7.17. The van der Waals surface area contributed by atoms with Gasteiger partial charge in [0.25, 0.3) is 5.91 Å². The van der Waals surface area contributed by atoms with E-state index in [0.717, 1.165) is 11.1 Å². The summed E-state index contributed by atoms with van der Waals surface area (Å²) in [4.78, 5) is 29.0. The molecule has 1 atom stereocenters. The molecule has 0 spiro atoms. The van der Waals surface area contributed by atoms with Gasteiger partial charge >= 0.3 is 0 Å². The number of hydrazone groups is 1. The van der Waals surface area contributed by atoms with Crippen LogP contribution in [0.15, 0.2) is 64.5 Å². The SMILES string of the molecule is CCN/N=C\C(=NC)NC(=O)c1ccc2nc(C3CC(c4cccnc4OC)=CC=C3O)[nH]c2c1. The first-order valence-corrected chi connectivity index (χ1v) is 11.2. The number of allylic oxidation sites excluding steroid dienone is 4. The number of carbonyl (C=O) groups excluding carboxylic acids is 1. The molecule has 10 heteroatoms. The maximum absolute atomic E-state index is 12.7. The molecule has 0 aliphatic heterocycles. The van der Waals surface area contributed by atoms with Crippen molar-refractivity contribution >= 4 is 34.6 Å². The molecule has 10 nitrogen and oxygen atoms in total. The van der Waals surface area contributed by atoms with E-state index in [2.05, 4.69) is 35.8 Å². The van der Waals surface area contributed by atoms with Gasteiger partial charge in [-0.3, -0.25) is 9.79 Å². The predicted octanol–water partition coefficient (Wildman–Crippen LogP) is 3.33. The first-order chi connectivity index (χ1) is 17.0. The molecule has 0 bridgehead atoms. The number of aliphatic imine (C=N–C) groups is 1. The van der Waals surface area contributed by atoms with Crippen molar-refractivity contribution in [1.82, 2.24) is 25.7 Å². The number of hydrogen-bond donors (Lipinski definition) is 4. The van der Waals surface area contributed by atoms with Crippen molar-refractivity contribution in [3.8, 4) is 5.88 Å². The van der Waals surface area contributed by atoms with E-state index in [-0.39, 0.29) is 17.6 Å². The van der Waals surface area contributed by atoms with Gasteiger partial charge in [0.2, 0.25) is 5.88 Å². The van der Waals surface area contributed by atoms with E-state index >= 15 is 0 Å². The summed E-state index contributed by atoms with van der Waals surface area (Å²) >= 11 is 0. The fraction of sp³-hybridized carbons (Fsp3) is 0.240. The maximum Gasteiger partial charge on any atom is 0.256 e. The molecule has 35 heavy (non-hydrogen) atoms. The van der Waals surface area contributed by atoms with E-state index in [1.54, 1.807) is 44.6 Å². The number of rotatable bonds is 7. The molecule has 2 aromatic heterocycles. The minimum atomic E-state index is -0.370. The minimum absolute atomic E-state index is 0.206. The average Bonchev–Trinajstić information content (AvgIpc) is 3.31. The minimum Gasteiger partial charge on any atom is -0.512 e. The third-order valence-electron chi connectivity index (χ3n) is 5.56. The van der Waals surface area contributed by atoms with Gasteiger partial charge in [0.15, 0.2) is 0 Å². The first kappa shape index (κ1) is 23.7. The Labute approximate surface area is 202 Å². The number of carbonyl (C=O) groups is 1. The van der Waals surface area contributed by atoms with Gasteiger partial charge < -0.3 is 25.6 Å². The first-order valence-electron chi connectivity index (χ1n) is 11.2. The molecule has 4 N–H and O–H groups in total. The highest BCUT2D eigenvalue weighted by Crippen LogP contribution is 2.38. The molecule has 1 aromatic carbocycles. The number of aliphatic hydroxyl groups is 1. The Morgan fingerprint density at radius 1 is 1.34 bits per heavy atom. The molecule has 180 valence electrons. The normalized spacial score (nSPS) is 16.2. The number of imidazole rings is 1. The number of aromatic nitrogens is 3. The monoisotopic (exact) mass is 473 g/mol. The lowest BCUT2D eigenvalue weighted by atomic mass is 9.88. The van der Waals surface area contributed by atoms with E-state index in [0.29, 0.717) is 47.1 Å². The van der Waals surface area contributed by atoms with Crippen LogP contribution in [0.5, 0.6) is 5.88 Å². The Morgan fingerprint density at radius 2 is 2.20 bits per heavy atom. The van der Waals surface area contributed by atoms with Gasteiger partial charge in [0.1, 0.15) is 17.4 Å². The number of aromatic amines is 1. The predicted molar refractivity (Wildman–Crippen MR) is 136 cm³/mol. The zero-order valence-electron chi connectivity index (χ0n) is 19.7. The second-order valence-electron chi connectivity index (χ2n) is 7.79. The van der Waals surface area contributed by atoms with Crippen LogP contribution >= 0.6 is 0 Å². The largest absolute Gasteiger partial charge is 0.512 e. The van der Waals surface area contributed by atoms with Gasteiger partial charge in [-0.15, -0.1) is 0 Å². The highest BCUT2D eigenvalue weighted by Gasteiger charge is 2.26. The maximum atomic E-state index is 12.7. The Bertz CT molecular complexity index is 1350. The standard InChI is InChI=1S/C25H27N7O3/c1-4-28-29-14-22(26-2)32-24(34)16-7-9-19-20(13-16)31-23(30-19)18-12-15(8-10-21(18)33)17-6-5-11-27-25(17)35-3/h5-11,13-14,18,28,33H,4,12H2,1-3H3,(H,30,31)(H,26,32,34)/b29-14-. The Balaban J connectivity index is 1.56. The lowest BCUT2D eigenvalue weighted by Crippen LogP contribution is -2.32. The van der Waals surface area contributed by atoms with Gasteiger partial charge in [-0.05, 0) is 55.3 Å². The van der Waals surface area contributed by atoms with Crippen LogP contribution in [0.25, 0.3) is 16.6 Å². The summed E-state index contributed by atoms with van der Waals surface area (Å²) in [5.74, 6) is 0.985. The molecule has 2 heterocycles. The number of amidine groups is 1. The fourth-order valence-electron chi connectivity index (χ4n) is 3.80. The van der Waals surface area contributed by atoms with Crippen LogP contribution in [-0.4, -0.2) is 58.7 Å². The van der Waals surface area contributed by atoms with Crippen LogP contribution in [0.3, 0.4) is 0 Å². The van der Waals surface area contributed by atoms with Gasteiger partial charge in [-0.2, -0.15) is 5.10 Å². The number of fused-ring (bicyclic) bond motifs is 1. The molecule has 0 radical (unpaired) electrons. The molecule has 1 aliphatic carbocycles. The molecule has 1 unspecified atom stereocenters. The van der Waals surface area contributed by atoms with Crippen LogP contribution in [-0.2, 0) is 0 Å². The topological polar surface area (TPSA) is 137 Å². The Hall–Kier alpha value is -4.47.